The van der Waals surface area contributed by atoms with E-state index in [2.05, 4.69) is 64.2 Å². The molecule has 0 saturated heterocycles. The molecule has 28 heavy (non-hydrogen) atoms. The Morgan fingerprint density at radius 3 is 2.21 bits per heavy atom. The third-order valence-corrected chi connectivity index (χ3v) is 4.93. The predicted molar refractivity (Wildman–Crippen MR) is 117 cm³/mol. The van der Waals surface area contributed by atoms with Crippen LogP contribution in [-0.4, -0.2) is 31.5 Å². The smallest absolute Gasteiger partial charge is 0.238 e. The minimum Gasteiger partial charge on any atom is -0.496 e. The topological polar surface area (TPSA) is 41.6 Å². The van der Waals surface area contributed by atoms with Gasteiger partial charge in [0, 0.05) is 17.8 Å². The molecule has 1 amide bonds. The summed E-state index contributed by atoms with van der Waals surface area (Å²) < 4.78 is 5.46. The molecule has 2 rings (SSSR count). The van der Waals surface area contributed by atoms with Gasteiger partial charge in [0.2, 0.25) is 5.91 Å². The Kier molecular flexibility index (Phi) is 7.64. The number of carbonyl (C=O) groups excluding carboxylic acids is 1. The van der Waals surface area contributed by atoms with Gasteiger partial charge in [-0.1, -0.05) is 63.6 Å². The van der Waals surface area contributed by atoms with Crippen molar-refractivity contribution in [3.05, 3.63) is 58.7 Å². The van der Waals surface area contributed by atoms with Crippen molar-refractivity contribution in [1.82, 2.24) is 4.90 Å². The molecule has 4 nitrogen and oxygen atoms in total. The molecule has 2 aromatic rings. The number of carbonyl (C=O) groups is 1. The first-order valence-electron chi connectivity index (χ1n) is 9.97. The van der Waals surface area contributed by atoms with Gasteiger partial charge in [-0.2, -0.15) is 0 Å². The van der Waals surface area contributed by atoms with Crippen LogP contribution in [0.15, 0.2) is 36.4 Å². The van der Waals surface area contributed by atoms with Crippen LogP contribution in [0.2, 0.25) is 0 Å². The highest BCUT2D eigenvalue weighted by atomic mass is 16.5. The Labute approximate surface area is 169 Å². The number of aryl methyl sites for hydroxylation is 1. The molecule has 0 radical (unpaired) electrons. The van der Waals surface area contributed by atoms with Crippen molar-refractivity contribution in [1.29, 1.82) is 0 Å². The Bertz CT molecular complexity index is 786. The number of amides is 1. The molecule has 0 fully saturated rings. The number of nitrogens with zero attached hydrogens (tertiary/aromatic N) is 1. The van der Waals surface area contributed by atoms with E-state index in [-0.39, 0.29) is 5.91 Å². The Hall–Kier alpha value is -2.33. The van der Waals surface area contributed by atoms with Crippen molar-refractivity contribution in [2.45, 2.75) is 53.0 Å². The molecule has 0 unspecified atom stereocenters. The number of methoxy groups -OCH3 is 1. The van der Waals surface area contributed by atoms with E-state index in [1.54, 1.807) is 7.11 Å². The first kappa shape index (κ1) is 22.0. The largest absolute Gasteiger partial charge is 0.496 e. The molecule has 0 aliphatic rings. The average Bonchev–Trinajstić information content (AvgIpc) is 2.61. The fourth-order valence-corrected chi connectivity index (χ4v) is 3.50. The van der Waals surface area contributed by atoms with Crippen molar-refractivity contribution in [3.8, 4) is 5.75 Å². The van der Waals surface area contributed by atoms with Crippen molar-refractivity contribution in [3.63, 3.8) is 0 Å². The summed E-state index contributed by atoms with van der Waals surface area (Å²) in [6.45, 7) is 11.7. The lowest BCUT2D eigenvalue weighted by atomic mass is 9.92. The van der Waals surface area contributed by atoms with E-state index in [0.717, 1.165) is 17.0 Å². The Morgan fingerprint density at radius 2 is 1.68 bits per heavy atom. The number of nitrogens with one attached hydrogen (secondary N) is 1. The van der Waals surface area contributed by atoms with E-state index in [1.165, 1.54) is 16.7 Å². The molecule has 2 aromatic carbocycles. The maximum atomic E-state index is 12.8. The molecular formula is C24H34N2O2. The molecule has 0 heterocycles. The second-order valence-corrected chi connectivity index (χ2v) is 8.16. The summed E-state index contributed by atoms with van der Waals surface area (Å²) >= 11 is 0. The second kappa shape index (κ2) is 9.74. The molecule has 0 bridgehead atoms. The van der Waals surface area contributed by atoms with Gasteiger partial charge in [0.15, 0.2) is 0 Å². The zero-order valence-corrected chi connectivity index (χ0v) is 18.3. The van der Waals surface area contributed by atoms with Crippen LogP contribution in [0.4, 0.5) is 5.69 Å². The van der Waals surface area contributed by atoms with Crippen molar-refractivity contribution in [2.24, 2.45) is 0 Å². The van der Waals surface area contributed by atoms with E-state index in [0.29, 0.717) is 24.9 Å². The highest BCUT2D eigenvalue weighted by Gasteiger charge is 2.17. The van der Waals surface area contributed by atoms with Gasteiger partial charge in [0.1, 0.15) is 5.75 Å². The highest BCUT2D eigenvalue weighted by molar-refractivity contribution is 5.94. The van der Waals surface area contributed by atoms with Crippen LogP contribution in [0.1, 0.15) is 61.8 Å². The number of ether oxygens (including phenoxy) is 1. The zero-order chi connectivity index (χ0) is 20.8. The lowest BCUT2D eigenvalue weighted by molar-refractivity contribution is -0.117. The standard InChI is InChI=1S/C24H34N2O2/c1-16(2)20-9-8-10-21(17(3)4)24(20)25-23(27)15-26(6)14-19-13-18(5)11-12-22(19)28-7/h8-13,16-17H,14-15H2,1-7H3,(H,25,27). The lowest BCUT2D eigenvalue weighted by Gasteiger charge is -2.22. The third-order valence-electron chi connectivity index (χ3n) is 4.93. The normalized spacial score (nSPS) is 11.4. The molecular weight excluding hydrogens is 348 g/mol. The molecule has 0 saturated carbocycles. The van der Waals surface area contributed by atoms with Crippen molar-refractivity contribution in [2.75, 3.05) is 26.0 Å². The molecule has 0 aliphatic heterocycles. The number of hydrogen-bond acceptors (Lipinski definition) is 3. The molecule has 1 N–H and O–H groups in total. The van der Waals surface area contributed by atoms with E-state index >= 15 is 0 Å². The van der Waals surface area contributed by atoms with E-state index in [4.69, 9.17) is 4.74 Å². The maximum Gasteiger partial charge on any atom is 0.238 e. The number of benzene rings is 2. The van der Waals surface area contributed by atoms with Gasteiger partial charge in [-0.05, 0) is 43.0 Å². The lowest BCUT2D eigenvalue weighted by Crippen LogP contribution is -2.30. The first-order chi connectivity index (χ1) is 13.2. The summed E-state index contributed by atoms with van der Waals surface area (Å²) in [5.74, 6) is 1.56. The zero-order valence-electron chi connectivity index (χ0n) is 18.3. The van der Waals surface area contributed by atoms with E-state index < -0.39 is 0 Å². The number of rotatable bonds is 8. The molecule has 0 aliphatic carbocycles. The van der Waals surface area contributed by atoms with Gasteiger partial charge in [-0.15, -0.1) is 0 Å². The van der Waals surface area contributed by atoms with Gasteiger partial charge >= 0.3 is 0 Å². The van der Waals surface area contributed by atoms with E-state index in [9.17, 15) is 4.79 Å². The van der Waals surface area contributed by atoms with Crippen LogP contribution < -0.4 is 10.1 Å². The summed E-state index contributed by atoms with van der Waals surface area (Å²) in [6, 6.07) is 12.4. The fourth-order valence-electron chi connectivity index (χ4n) is 3.50. The summed E-state index contributed by atoms with van der Waals surface area (Å²) in [5.41, 5.74) is 5.61. The monoisotopic (exact) mass is 382 g/mol. The number of anilines is 1. The first-order valence-corrected chi connectivity index (χ1v) is 9.97. The van der Waals surface area contributed by atoms with Gasteiger partial charge in [0.25, 0.3) is 0 Å². The fraction of sp³-hybridized carbons (Fsp3) is 0.458. The van der Waals surface area contributed by atoms with Crippen LogP contribution in [0.25, 0.3) is 0 Å². The minimum absolute atomic E-state index is 0.00381. The Balaban J connectivity index is 2.13. The molecule has 0 spiro atoms. The summed E-state index contributed by atoms with van der Waals surface area (Å²) in [4.78, 5) is 14.8. The van der Waals surface area contributed by atoms with Crippen molar-refractivity contribution < 1.29 is 9.53 Å². The molecule has 0 aromatic heterocycles. The predicted octanol–water partition coefficient (Wildman–Crippen LogP) is 5.32. The third kappa shape index (κ3) is 5.59. The molecule has 4 heteroatoms. The van der Waals surface area contributed by atoms with Gasteiger partial charge < -0.3 is 10.1 Å². The van der Waals surface area contributed by atoms with Crippen molar-refractivity contribution >= 4 is 11.6 Å². The maximum absolute atomic E-state index is 12.8. The van der Waals surface area contributed by atoms with Gasteiger partial charge in [-0.25, -0.2) is 0 Å². The van der Waals surface area contributed by atoms with Crippen LogP contribution in [0.5, 0.6) is 5.75 Å². The quantitative estimate of drug-likeness (QED) is 0.672. The summed E-state index contributed by atoms with van der Waals surface area (Å²) in [7, 11) is 3.64. The van der Waals surface area contributed by atoms with Crippen LogP contribution >= 0.6 is 0 Å². The van der Waals surface area contributed by atoms with E-state index in [1.807, 2.05) is 24.1 Å². The number of para-hydroxylation sites is 1. The molecule has 152 valence electrons. The summed E-state index contributed by atoms with van der Waals surface area (Å²) in [5, 5.41) is 3.19. The second-order valence-electron chi connectivity index (χ2n) is 8.16. The van der Waals surface area contributed by atoms with Crippen LogP contribution in [0, 0.1) is 6.92 Å². The molecule has 0 atom stereocenters. The average molecular weight is 383 g/mol. The minimum atomic E-state index is 0.00381. The van der Waals surface area contributed by atoms with Crippen LogP contribution in [-0.2, 0) is 11.3 Å². The number of likely N-dealkylation sites (N-methyl/N-ethyl adjacent to an activating group) is 1. The van der Waals surface area contributed by atoms with Gasteiger partial charge in [0.05, 0.1) is 13.7 Å². The number of hydrogen-bond donors (Lipinski definition) is 1. The SMILES string of the molecule is COc1ccc(C)cc1CN(C)CC(=O)Nc1c(C(C)C)cccc1C(C)C. The Morgan fingerprint density at radius 1 is 1.07 bits per heavy atom. The highest BCUT2D eigenvalue weighted by Crippen LogP contribution is 2.32. The summed E-state index contributed by atoms with van der Waals surface area (Å²) in [6.07, 6.45) is 0. The van der Waals surface area contributed by atoms with Crippen LogP contribution in [0.3, 0.4) is 0 Å². The van der Waals surface area contributed by atoms with Gasteiger partial charge in [-0.3, -0.25) is 9.69 Å².